The van der Waals surface area contributed by atoms with Gasteiger partial charge in [0.05, 0.1) is 0 Å². The van der Waals surface area contributed by atoms with Gasteiger partial charge in [-0.25, -0.2) is 0 Å². The molecule has 0 aliphatic heterocycles. The molecule has 0 bridgehead atoms. The van der Waals surface area contributed by atoms with E-state index >= 15 is 0 Å². The Balaban J connectivity index is 2.75. The van der Waals surface area contributed by atoms with E-state index in [1.165, 1.54) is 25.7 Å². The van der Waals surface area contributed by atoms with E-state index in [1.54, 1.807) is 0.515 Å². The van der Waals surface area contributed by atoms with Crippen molar-refractivity contribution in [3.8, 4) is 0 Å². The van der Waals surface area contributed by atoms with E-state index in [0.29, 0.717) is 0 Å². The number of rotatable bonds is 5. The zero-order valence-corrected chi connectivity index (χ0v) is 10.2. The molecular formula is C8H17K. The minimum absolute atomic E-state index is 0.920. The van der Waals surface area contributed by atoms with E-state index in [2.05, 4.69) is 13.8 Å². The van der Waals surface area contributed by atoms with E-state index in [-0.39, 0.29) is 0 Å². The third kappa shape index (κ3) is 9.64. The van der Waals surface area contributed by atoms with Crippen molar-refractivity contribution >= 4 is 49.0 Å². The third-order valence-corrected chi connectivity index (χ3v) is 2.74. The molecule has 0 aromatic carbocycles. The second kappa shape index (κ2) is 7.74. The van der Waals surface area contributed by atoms with E-state index in [1.807, 2.05) is 0 Å². The molecule has 0 atom stereocenters. The van der Waals surface area contributed by atoms with Crippen LogP contribution in [0.4, 0.5) is 0 Å². The Labute approximate surface area is 93.4 Å². The molecule has 1 heteroatoms. The first kappa shape index (κ1) is 10.6. The maximum atomic E-state index is 2.31. The molecule has 0 amide bonds. The van der Waals surface area contributed by atoms with Crippen LogP contribution in [0, 0.1) is 5.92 Å². The average Bonchev–Trinajstić information content (AvgIpc) is 1.80. The van der Waals surface area contributed by atoms with Gasteiger partial charge in [-0.05, 0) is 0 Å². The standard InChI is InChI=1S/C8H17.K/c1-4-5-6-7-8(2)3;/h8H,1,4-7H2,2-3H3;. The molecule has 0 unspecified atom stereocenters. The molecule has 0 fully saturated rings. The van der Waals surface area contributed by atoms with Gasteiger partial charge in [-0.3, -0.25) is 0 Å². The summed E-state index contributed by atoms with van der Waals surface area (Å²) >= 11 is 1.10. The Morgan fingerprint density at radius 2 is 1.78 bits per heavy atom. The zero-order chi connectivity index (χ0) is 7.11. The van der Waals surface area contributed by atoms with Gasteiger partial charge < -0.3 is 0 Å². The molecule has 0 aliphatic carbocycles. The van der Waals surface area contributed by atoms with Crippen molar-refractivity contribution in [2.45, 2.75) is 40.0 Å². The van der Waals surface area contributed by atoms with E-state index in [4.69, 9.17) is 0 Å². The van der Waals surface area contributed by atoms with Gasteiger partial charge >= 0.3 is 94.9 Å². The van der Waals surface area contributed by atoms with Crippen molar-refractivity contribution < 1.29 is 0 Å². The van der Waals surface area contributed by atoms with Crippen LogP contribution in [0.2, 0.25) is 0.515 Å². The van der Waals surface area contributed by atoms with Crippen LogP contribution in [0.15, 0.2) is 0 Å². The number of unbranched alkanes of at least 4 members (excludes halogenated alkanes) is 2. The molecular weight excluding hydrogens is 135 g/mol. The quantitative estimate of drug-likeness (QED) is 0.420. The molecule has 50 valence electrons. The summed E-state index contributed by atoms with van der Waals surface area (Å²) in [4.78, 5) is 0. The van der Waals surface area contributed by atoms with Gasteiger partial charge in [-0.1, -0.05) is 0 Å². The monoisotopic (exact) mass is 152 g/mol. The van der Waals surface area contributed by atoms with Crippen LogP contribution in [-0.2, 0) is 0 Å². The van der Waals surface area contributed by atoms with Crippen LogP contribution in [0.3, 0.4) is 0 Å². The Kier molecular flexibility index (Phi) is 9.15. The second-order valence-corrected chi connectivity index (χ2v) is 4.80. The van der Waals surface area contributed by atoms with Crippen molar-refractivity contribution in [3.63, 3.8) is 0 Å². The van der Waals surface area contributed by atoms with Crippen LogP contribution < -0.4 is 0 Å². The topological polar surface area (TPSA) is 0 Å². The van der Waals surface area contributed by atoms with Crippen LogP contribution >= 0.6 is 0 Å². The molecule has 0 heterocycles. The molecule has 0 N–H and O–H groups in total. The zero-order valence-electron chi connectivity index (χ0n) is 7.11. The molecule has 0 aromatic rings. The van der Waals surface area contributed by atoms with Crippen molar-refractivity contribution in [2.24, 2.45) is 5.92 Å². The Bertz CT molecular complexity index is 50.5. The molecule has 9 heavy (non-hydrogen) atoms. The predicted octanol–water partition coefficient (Wildman–Crippen LogP) is 2.79. The summed E-state index contributed by atoms with van der Waals surface area (Å²) in [6.07, 6.45) is 5.90. The molecule has 0 aliphatic rings. The average molecular weight is 152 g/mol. The first-order valence-corrected chi connectivity index (χ1v) is 6.48. The number of hydrogen-bond donors (Lipinski definition) is 0. The second-order valence-electron chi connectivity index (χ2n) is 3.24. The van der Waals surface area contributed by atoms with Crippen molar-refractivity contribution in [1.29, 1.82) is 0 Å². The third-order valence-electron chi connectivity index (χ3n) is 1.64. The van der Waals surface area contributed by atoms with Crippen molar-refractivity contribution in [2.75, 3.05) is 0 Å². The molecule has 0 radical (unpaired) electrons. The molecule has 0 spiro atoms. The molecule has 0 saturated carbocycles. The van der Waals surface area contributed by atoms with Gasteiger partial charge in [0.25, 0.3) is 0 Å². The summed E-state index contributed by atoms with van der Waals surface area (Å²) < 4.78 is 1.55. The molecule has 0 nitrogen and oxygen atoms in total. The Morgan fingerprint density at radius 1 is 1.11 bits per heavy atom. The summed E-state index contributed by atoms with van der Waals surface area (Å²) in [7, 11) is 0. The first-order chi connectivity index (χ1) is 4.27. The van der Waals surface area contributed by atoms with E-state index in [9.17, 15) is 0 Å². The molecule has 0 saturated heterocycles. The Morgan fingerprint density at radius 3 is 2.22 bits per heavy atom. The Hall–Kier alpha value is 1.64. The van der Waals surface area contributed by atoms with Gasteiger partial charge in [0.15, 0.2) is 0 Å². The number of hydrogen-bond acceptors (Lipinski definition) is 0. The van der Waals surface area contributed by atoms with Gasteiger partial charge in [0.1, 0.15) is 0 Å². The minimum atomic E-state index is 0.920. The van der Waals surface area contributed by atoms with E-state index in [0.717, 1.165) is 54.9 Å². The van der Waals surface area contributed by atoms with Gasteiger partial charge in [0, 0.05) is 0 Å². The fraction of sp³-hybridized carbons (Fsp3) is 1.00. The summed E-state index contributed by atoms with van der Waals surface area (Å²) in [6, 6.07) is 0. The summed E-state index contributed by atoms with van der Waals surface area (Å²) in [6.45, 7) is 4.62. The molecule has 0 aromatic heterocycles. The normalized spacial score (nSPS) is 10.8. The van der Waals surface area contributed by atoms with E-state index < -0.39 is 0 Å². The van der Waals surface area contributed by atoms with Crippen molar-refractivity contribution in [1.82, 2.24) is 0 Å². The summed E-state index contributed by atoms with van der Waals surface area (Å²) in [5.41, 5.74) is 0. The van der Waals surface area contributed by atoms with Crippen LogP contribution in [0.5, 0.6) is 0 Å². The van der Waals surface area contributed by atoms with Crippen LogP contribution in [0.25, 0.3) is 0 Å². The van der Waals surface area contributed by atoms with Gasteiger partial charge in [-0.15, -0.1) is 0 Å². The maximum absolute atomic E-state index is 2.31. The fourth-order valence-corrected chi connectivity index (χ4v) is 1.76. The van der Waals surface area contributed by atoms with Crippen LogP contribution in [-0.4, -0.2) is 49.0 Å². The fourth-order valence-electron chi connectivity index (χ4n) is 0.979. The van der Waals surface area contributed by atoms with Gasteiger partial charge in [0.2, 0.25) is 0 Å². The van der Waals surface area contributed by atoms with Gasteiger partial charge in [-0.2, -0.15) is 0 Å². The first-order valence-electron chi connectivity index (χ1n) is 4.27. The predicted molar refractivity (Wildman–Crippen MR) is 43.9 cm³/mol. The SMILES string of the molecule is CC(C)CCCC[CH2][K]. The van der Waals surface area contributed by atoms with Crippen LogP contribution in [0.1, 0.15) is 39.5 Å². The summed E-state index contributed by atoms with van der Waals surface area (Å²) in [5, 5.41) is 0. The van der Waals surface area contributed by atoms with Crippen molar-refractivity contribution in [3.05, 3.63) is 0 Å². The summed E-state index contributed by atoms with van der Waals surface area (Å²) in [5.74, 6) is 0.920. The molecule has 0 rings (SSSR count).